The Morgan fingerprint density at radius 1 is 1.07 bits per heavy atom. The molecule has 1 saturated heterocycles. The molecule has 2 aromatic rings. The lowest BCUT2D eigenvalue weighted by Crippen LogP contribution is -2.48. The first-order valence-corrected chi connectivity index (χ1v) is 8.88. The first-order chi connectivity index (χ1) is 13.1. The molecule has 0 aliphatic carbocycles. The maximum Gasteiger partial charge on any atom is 0.255 e. The molecule has 0 spiro atoms. The van der Waals surface area contributed by atoms with Crippen LogP contribution in [0.15, 0.2) is 48.8 Å². The number of carbonyl (C=O) groups is 3. The van der Waals surface area contributed by atoms with Gasteiger partial charge in [-0.05, 0) is 18.6 Å². The molecule has 1 atom stereocenters. The molecule has 0 bridgehead atoms. The number of aromatic nitrogens is 1. The fraction of sp³-hybridized carbons (Fsp3) is 0.300. The van der Waals surface area contributed by atoms with Gasteiger partial charge in [0.25, 0.3) is 11.8 Å². The van der Waals surface area contributed by atoms with Crippen molar-refractivity contribution < 1.29 is 14.4 Å². The molecule has 140 valence electrons. The van der Waals surface area contributed by atoms with Gasteiger partial charge in [0.2, 0.25) is 6.41 Å². The quantitative estimate of drug-likeness (QED) is 0.813. The highest BCUT2D eigenvalue weighted by Crippen LogP contribution is 2.14. The Hall–Kier alpha value is -3.22. The predicted octanol–water partition coefficient (Wildman–Crippen LogP) is 1.49. The number of amides is 3. The van der Waals surface area contributed by atoms with Crippen molar-refractivity contribution in [2.45, 2.75) is 13.0 Å². The Morgan fingerprint density at radius 3 is 2.41 bits per heavy atom. The van der Waals surface area contributed by atoms with Crippen LogP contribution >= 0.6 is 0 Å². The highest BCUT2D eigenvalue weighted by Gasteiger charge is 2.22. The van der Waals surface area contributed by atoms with Gasteiger partial charge < -0.3 is 15.1 Å². The third kappa shape index (κ3) is 4.49. The van der Waals surface area contributed by atoms with Gasteiger partial charge in [0.05, 0.1) is 17.2 Å². The Morgan fingerprint density at radius 2 is 1.74 bits per heavy atom. The minimum atomic E-state index is -0.278. The van der Waals surface area contributed by atoms with Gasteiger partial charge in [0.1, 0.15) is 0 Å². The van der Waals surface area contributed by atoms with Gasteiger partial charge in [-0.3, -0.25) is 19.4 Å². The van der Waals surface area contributed by atoms with Gasteiger partial charge in [-0.15, -0.1) is 0 Å². The van der Waals surface area contributed by atoms with E-state index in [1.807, 2.05) is 37.3 Å². The van der Waals surface area contributed by atoms with Crippen molar-refractivity contribution in [2.75, 3.05) is 26.2 Å². The molecule has 1 aliphatic heterocycles. The highest BCUT2D eigenvalue weighted by atomic mass is 16.2. The second kappa shape index (κ2) is 8.44. The first kappa shape index (κ1) is 18.6. The first-order valence-electron chi connectivity index (χ1n) is 8.88. The molecule has 2 heterocycles. The lowest BCUT2D eigenvalue weighted by atomic mass is 10.1. The zero-order chi connectivity index (χ0) is 19.2. The molecular weight excluding hydrogens is 344 g/mol. The minimum absolute atomic E-state index is 0.158. The second-order valence-electron chi connectivity index (χ2n) is 6.50. The molecule has 1 aromatic heterocycles. The molecule has 1 N–H and O–H groups in total. The average molecular weight is 366 g/mol. The summed E-state index contributed by atoms with van der Waals surface area (Å²) in [4.78, 5) is 43.4. The smallest absolute Gasteiger partial charge is 0.255 e. The molecule has 3 rings (SSSR count). The largest absolute Gasteiger partial charge is 0.345 e. The molecule has 7 nitrogen and oxygen atoms in total. The summed E-state index contributed by atoms with van der Waals surface area (Å²) >= 11 is 0. The van der Waals surface area contributed by atoms with Crippen molar-refractivity contribution >= 4 is 18.2 Å². The Kier molecular flexibility index (Phi) is 5.80. The molecule has 27 heavy (non-hydrogen) atoms. The van der Waals surface area contributed by atoms with Crippen LogP contribution in [0, 0.1) is 0 Å². The SMILES string of the molecule is CC(NC(=O)c1cncc(C(=O)N2CCN(C=O)CC2)c1)c1ccccc1. The van der Waals surface area contributed by atoms with Crippen LogP contribution in [0.4, 0.5) is 0 Å². The fourth-order valence-electron chi connectivity index (χ4n) is 3.00. The van der Waals surface area contributed by atoms with E-state index >= 15 is 0 Å². The van der Waals surface area contributed by atoms with Crippen molar-refractivity contribution in [1.29, 1.82) is 0 Å². The van der Waals surface area contributed by atoms with Gasteiger partial charge in [-0.25, -0.2) is 0 Å². The number of nitrogens with zero attached hydrogens (tertiary/aromatic N) is 3. The molecule has 1 aromatic carbocycles. The van der Waals surface area contributed by atoms with Crippen LogP contribution in [-0.2, 0) is 4.79 Å². The van der Waals surface area contributed by atoms with Gasteiger partial charge in [-0.2, -0.15) is 0 Å². The lowest BCUT2D eigenvalue weighted by molar-refractivity contribution is -0.119. The second-order valence-corrected chi connectivity index (χ2v) is 6.50. The van der Waals surface area contributed by atoms with Crippen molar-refractivity contribution in [3.63, 3.8) is 0 Å². The van der Waals surface area contributed by atoms with Crippen LogP contribution in [0.2, 0.25) is 0 Å². The van der Waals surface area contributed by atoms with E-state index in [9.17, 15) is 14.4 Å². The van der Waals surface area contributed by atoms with Crippen molar-refractivity contribution in [2.24, 2.45) is 0 Å². The van der Waals surface area contributed by atoms with Crippen LogP contribution in [0.1, 0.15) is 39.2 Å². The number of benzene rings is 1. The molecule has 0 radical (unpaired) electrons. The molecule has 3 amide bonds. The Bertz CT molecular complexity index is 817. The van der Waals surface area contributed by atoms with Crippen LogP contribution < -0.4 is 5.32 Å². The molecule has 1 unspecified atom stereocenters. The summed E-state index contributed by atoms with van der Waals surface area (Å²) in [6.45, 7) is 3.87. The average Bonchev–Trinajstić information content (AvgIpc) is 2.74. The van der Waals surface area contributed by atoms with Gasteiger partial charge in [0, 0.05) is 38.6 Å². The summed E-state index contributed by atoms with van der Waals surface area (Å²) in [5.41, 5.74) is 1.71. The summed E-state index contributed by atoms with van der Waals surface area (Å²) in [6.07, 6.45) is 3.71. The summed E-state index contributed by atoms with van der Waals surface area (Å²) in [5, 5.41) is 2.92. The third-order valence-corrected chi connectivity index (χ3v) is 4.65. The van der Waals surface area contributed by atoms with Crippen LogP contribution in [0.5, 0.6) is 0 Å². The predicted molar refractivity (Wildman–Crippen MR) is 100 cm³/mol. The van der Waals surface area contributed by atoms with E-state index in [0.29, 0.717) is 37.3 Å². The number of nitrogens with one attached hydrogen (secondary N) is 1. The van der Waals surface area contributed by atoms with Crippen molar-refractivity contribution in [1.82, 2.24) is 20.1 Å². The lowest BCUT2D eigenvalue weighted by Gasteiger charge is -2.32. The van der Waals surface area contributed by atoms with E-state index in [-0.39, 0.29) is 17.9 Å². The number of piperazine rings is 1. The normalized spacial score (nSPS) is 15.1. The summed E-state index contributed by atoms with van der Waals surface area (Å²) in [7, 11) is 0. The standard InChI is InChI=1S/C20H22N4O3/c1-15(16-5-3-2-4-6-16)22-19(26)17-11-18(13-21-12-17)20(27)24-9-7-23(14-25)8-10-24/h2-6,11-15H,7-10H2,1H3,(H,22,26). The monoisotopic (exact) mass is 366 g/mol. The fourth-order valence-corrected chi connectivity index (χ4v) is 3.00. The van der Waals surface area contributed by atoms with Crippen LogP contribution in [0.25, 0.3) is 0 Å². The van der Waals surface area contributed by atoms with E-state index in [0.717, 1.165) is 12.0 Å². The van der Waals surface area contributed by atoms with Crippen molar-refractivity contribution in [3.05, 3.63) is 65.5 Å². The zero-order valence-electron chi connectivity index (χ0n) is 15.2. The molecule has 7 heteroatoms. The maximum atomic E-state index is 12.7. The number of hydrogen-bond donors (Lipinski definition) is 1. The maximum absolute atomic E-state index is 12.7. The van der Waals surface area contributed by atoms with Gasteiger partial charge in [0.15, 0.2) is 0 Å². The number of rotatable bonds is 5. The topological polar surface area (TPSA) is 82.6 Å². The Labute approximate surface area is 158 Å². The van der Waals surface area contributed by atoms with E-state index in [1.165, 1.54) is 12.4 Å². The number of pyridine rings is 1. The van der Waals surface area contributed by atoms with Crippen LogP contribution in [-0.4, -0.2) is 59.2 Å². The molecule has 1 fully saturated rings. The zero-order valence-corrected chi connectivity index (χ0v) is 15.2. The molecule has 0 saturated carbocycles. The van der Waals surface area contributed by atoms with Gasteiger partial charge >= 0.3 is 0 Å². The minimum Gasteiger partial charge on any atom is -0.345 e. The third-order valence-electron chi connectivity index (χ3n) is 4.65. The summed E-state index contributed by atoms with van der Waals surface area (Å²) < 4.78 is 0. The van der Waals surface area contributed by atoms with E-state index < -0.39 is 0 Å². The Balaban J connectivity index is 1.67. The van der Waals surface area contributed by atoms with Gasteiger partial charge in [-0.1, -0.05) is 30.3 Å². The van der Waals surface area contributed by atoms with Crippen molar-refractivity contribution in [3.8, 4) is 0 Å². The van der Waals surface area contributed by atoms with E-state index in [4.69, 9.17) is 0 Å². The summed E-state index contributed by atoms with van der Waals surface area (Å²) in [6, 6.07) is 11.1. The van der Waals surface area contributed by atoms with E-state index in [2.05, 4.69) is 10.3 Å². The summed E-state index contributed by atoms with van der Waals surface area (Å²) in [5.74, 6) is -0.460. The van der Waals surface area contributed by atoms with E-state index in [1.54, 1.807) is 15.9 Å². The molecule has 1 aliphatic rings. The number of carbonyl (C=O) groups excluding carboxylic acids is 3. The number of hydrogen-bond acceptors (Lipinski definition) is 4. The molecular formula is C20H22N4O3. The highest BCUT2D eigenvalue weighted by molar-refractivity contribution is 5.99. The van der Waals surface area contributed by atoms with Crippen LogP contribution in [0.3, 0.4) is 0 Å².